The first-order valence-electron chi connectivity index (χ1n) is 5.47. The van der Waals surface area contributed by atoms with E-state index >= 15 is 0 Å². The van der Waals surface area contributed by atoms with Crippen molar-refractivity contribution in [3.8, 4) is 0 Å². The lowest BCUT2D eigenvalue weighted by Crippen LogP contribution is -2.03. The Kier molecular flexibility index (Phi) is 2.94. The quantitative estimate of drug-likeness (QED) is 0.711. The van der Waals surface area contributed by atoms with E-state index in [1.54, 1.807) is 11.4 Å². The van der Waals surface area contributed by atoms with Gasteiger partial charge < -0.3 is 11.1 Å². The summed E-state index contributed by atoms with van der Waals surface area (Å²) < 4.78 is 39.7. The molecule has 0 saturated heterocycles. The number of anilines is 3. The number of thiophene rings is 1. The van der Waals surface area contributed by atoms with E-state index in [4.69, 9.17) is 5.73 Å². The Morgan fingerprint density at radius 2 is 1.85 bits per heavy atom. The van der Waals surface area contributed by atoms with E-state index in [0.717, 1.165) is 12.1 Å². The second-order valence-electron chi connectivity index (χ2n) is 3.92. The molecule has 0 radical (unpaired) electrons. The molecule has 1 aromatic carbocycles. The van der Waals surface area contributed by atoms with E-state index in [1.165, 1.54) is 11.3 Å². The van der Waals surface area contributed by atoms with E-state index < -0.39 is 17.5 Å². The van der Waals surface area contributed by atoms with Gasteiger partial charge in [-0.15, -0.1) is 11.3 Å². The summed E-state index contributed by atoms with van der Waals surface area (Å²) >= 11 is 1.34. The third-order valence-electron chi connectivity index (χ3n) is 2.63. The van der Waals surface area contributed by atoms with E-state index in [9.17, 15) is 13.2 Å². The predicted molar refractivity (Wildman–Crippen MR) is 71.4 cm³/mol. The van der Waals surface area contributed by atoms with Crippen molar-refractivity contribution in [1.29, 1.82) is 0 Å². The number of fused-ring (bicyclic) bond motifs is 1. The standard InChI is InChI=1S/C12H7F3N4S/c13-6-1-2-7(9(15)8(6)14)17-10-5-3-4-20-11(5)19-12(16)18-10/h1-4H,(H3,16,17,18,19). The monoisotopic (exact) mass is 296 g/mol. The number of nitrogens with two attached hydrogens (primary N) is 1. The van der Waals surface area contributed by atoms with Gasteiger partial charge in [0.2, 0.25) is 5.95 Å². The number of nitrogen functional groups attached to an aromatic ring is 1. The van der Waals surface area contributed by atoms with Gasteiger partial charge in [0.25, 0.3) is 0 Å². The first-order chi connectivity index (χ1) is 9.56. The van der Waals surface area contributed by atoms with Gasteiger partial charge in [-0.3, -0.25) is 0 Å². The fraction of sp³-hybridized carbons (Fsp3) is 0. The molecule has 0 unspecified atom stereocenters. The van der Waals surface area contributed by atoms with Crippen LogP contribution in [-0.4, -0.2) is 9.97 Å². The third kappa shape index (κ3) is 2.03. The summed E-state index contributed by atoms with van der Waals surface area (Å²) in [6, 6.07) is 3.64. The number of nitrogens with zero attached hydrogens (tertiary/aromatic N) is 2. The number of nitrogens with one attached hydrogen (secondary N) is 1. The van der Waals surface area contributed by atoms with Crippen molar-refractivity contribution in [2.24, 2.45) is 0 Å². The molecule has 4 nitrogen and oxygen atoms in total. The van der Waals surface area contributed by atoms with Crippen molar-refractivity contribution in [2.45, 2.75) is 0 Å². The molecule has 102 valence electrons. The molecule has 0 amide bonds. The second kappa shape index (κ2) is 4.64. The maximum Gasteiger partial charge on any atom is 0.223 e. The Labute approximate surface area is 115 Å². The Morgan fingerprint density at radius 1 is 1.05 bits per heavy atom. The molecule has 2 aromatic heterocycles. The van der Waals surface area contributed by atoms with Crippen LogP contribution in [0.4, 0.5) is 30.6 Å². The Bertz CT molecular complexity index is 803. The van der Waals surface area contributed by atoms with Crippen LogP contribution in [0.2, 0.25) is 0 Å². The topological polar surface area (TPSA) is 63.8 Å². The maximum absolute atomic E-state index is 13.6. The highest BCUT2D eigenvalue weighted by molar-refractivity contribution is 7.16. The molecule has 8 heteroatoms. The van der Waals surface area contributed by atoms with Gasteiger partial charge in [0.05, 0.1) is 11.1 Å². The number of rotatable bonds is 2. The van der Waals surface area contributed by atoms with Crippen LogP contribution in [0.3, 0.4) is 0 Å². The van der Waals surface area contributed by atoms with E-state index in [-0.39, 0.29) is 17.5 Å². The van der Waals surface area contributed by atoms with Crippen LogP contribution in [-0.2, 0) is 0 Å². The lowest BCUT2D eigenvalue weighted by atomic mass is 10.2. The van der Waals surface area contributed by atoms with Crippen LogP contribution >= 0.6 is 11.3 Å². The highest BCUT2D eigenvalue weighted by Gasteiger charge is 2.15. The fourth-order valence-electron chi connectivity index (χ4n) is 1.72. The second-order valence-corrected chi connectivity index (χ2v) is 4.81. The summed E-state index contributed by atoms with van der Waals surface area (Å²) in [6.07, 6.45) is 0. The molecule has 2 heterocycles. The number of hydrogen-bond acceptors (Lipinski definition) is 5. The molecule has 0 bridgehead atoms. The zero-order chi connectivity index (χ0) is 14.3. The minimum absolute atomic E-state index is 0.00504. The van der Waals surface area contributed by atoms with Crippen LogP contribution in [0.15, 0.2) is 23.6 Å². The maximum atomic E-state index is 13.6. The Balaban J connectivity index is 2.10. The van der Waals surface area contributed by atoms with Crippen LogP contribution in [0, 0.1) is 17.5 Å². The summed E-state index contributed by atoms with van der Waals surface area (Å²) in [4.78, 5) is 8.56. The number of hydrogen-bond donors (Lipinski definition) is 2. The fourth-order valence-corrected chi connectivity index (χ4v) is 2.49. The number of benzene rings is 1. The minimum atomic E-state index is -1.54. The molecule has 0 saturated carbocycles. The van der Waals surface area contributed by atoms with Crippen LogP contribution in [0.1, 0.15) is 0 Å². The summed E-state index contributed by atoms with van der Waals surface area (Å²) in [5.41, 5.74) is 5.32. The Morgan fingerprint density at radius 3 is 2.65 bits per heavy atom. The van der Waals surface area contributed by atoms with Gasteiger partial charge >= 0.3 is 0 Å². The molecule has 0 aliphatic heterocycles. The molecular formula is C12H7F3N4S. The van der Waals surface area contributed by atoms with Crippen LogP contribution < -0.4 is 11.1 Å². The molecule has 0 spiro atoms. The molecular weight excluding hydrogens is 289 g/mol. The highest BCUT2D eigenvalue weighted by Crippen LogP contribution is 2.29. The molecule has 3 aromatic rings. The molecule has 3 N–H and O–H groups in total. The van der Waals surface area contributed by atoms with Crippen molar-refractivity contribution >= 4 is 39.0 Å². The van der Waals surface area contributed by atoms with Crippen molar-refractivity contribution < 1.29 is 13.2 Å². The van der Waals surface area contributed by atoms with Gasteiger partial charge in [0, 0.05) is 0 Å². The van der Waals surface area contributed by atoms with E-state index in [2.05, 4.69) is 15.3 Å². The highest BCUT2D eigenvalue weighted by atomic mass is 32.1. The SMILES string of the molecule is Nc1nc(Nc2ccc(F)c(F)c2F)c2ccsc2n1. The normalized spacial score (nSPS) is 10.9. The van der Waals surface area contributed by atoms with E-state index in [1.807, 2.05) is 0 Å². The van der Waals surface area contributed by atoms with Crippen molar-refractivity contribution in [3.63, 3.8) is 0 Å². The van der Waals surface area contributed by atoms with E-state index in [0.29, 0.717) is 10.2 Å². The Hall–Kier alpha value is -2.35. The van der Waals surface area contributed by atoms with Crippen molar-refractivity contribution in [2.75, 3.05) is 11.1 Å². The number of aromatic nitrogens is 2. The van der Waals surface area contributed by atoms with Crippen LogP contribution in [0.25, 0.3) is 10.2 Å². The summed E-state index contributed by atoms with van der Waals surface area (Å²) in [7, 11) is 0. The molecule has 3 rings (SSSR count). The largest absolute Gasteiger partial charge is 0.368 e. The van der Waals surface area contributed by atoms with Crippen LogP contribution in [0.5, 0.6) is 0 Å². The average molecular weight is 296 g/mol. The lowest BCUT2D eigenvalue weighted by Gasteiger charge is -2.09. The predicted octanol–water partition coefficient (Wildman–Crippen LogP) is 3.43. The number of halogens is 3. The van der Waals surface area contributed by atoms with Gasteiger partial charge in [0.1, 0.15) is 10.6 Å². The molecule has 20 heavy (non-hydrogen) atoms. The van der Waals surface area contributed by atoms with Gasteiger partial charge in [-0.2, -0.15) is 4.98 Å². The zero-order valence-corrected chi connectivity index (χ0v) is 10.6. The average Bonchev–Trinajstić information content (AvgIpc) is 2.87. The summed E-state index contributed by atoms with van der Waals surface area (Å²) in [6.45, 7) is 0. The molecule has 0 fully saturated rings. The van der Waals surface area contributed by atoms with Crippen molar-refractivity contribution in [3.05, 3.63) is 41.0 Å². The third-order valence-corrected chi connectivity index (χ3v) is 3.44. The van der Waals surface area contributed by atoms with Gasteiger partial charge in [-0.1, -0.05) is 0 Å². The lowest BCUT2D eigenvalue weighted by molar-refractivity contribution is 0.449. The molecule has 0 aliphatic carbocycles. The zero-order valence-electron chi connectivity index (χ0n) is 9.82. The first kappa shape index (κ1) is 12.7. The van der Waals surface area contributed by atoms with Crippen molar-refractivity contribution in [1.82, 2.24) is 9.97 Å². The smallest absolute Gasteiger partial charge is 0.223 e. The summed E-state index contributed by atoms with van der Waals surface area (Å²) in [5, 5.41) is 4.99. The van der Waals surface area contributed by atoms with Gasteiger partial charge in [0.15, 0.2) is 17.5 Å². The summed E-state index contributed by atoms with van der Waals surface area (Å²) in [5.74, 6) is -3.87. The first-order valence-corrected chi connectivity index (χ1v) is 6.35. The minimum Gasteiger partial charge on any atom is -0.368 e. The molecule has 0 aliphatic rings. The molecule has 0 atom stereocenters. The van der Waals surface area contributed by atoms with Gasteiger partial charge in [-0.05, 0) is 23.6 Å². The van der Waals surface area contributed by atoms with Gasteiger partial charge in [-0.25, -0.2) is 18.2 Å².